The van der Waals surface area contributed by atoms with Crippen LogP contribution in [-0.2, 0) is 14.3 Å². The first-order valence-corrected chi connectivity index (χ1v) is 6.25. The molecule has 1 heterocycles. The summed E-state index contributed by atoms with van der Waals surface area (Å²) in [5.41, 5.74) is 0. The SMILES string of the molecule is CCOC(=O)CC1CC(O)C(CI)O1. The van der Waals surface area contributed by atoms with Crippen LogP contribution in [0, 0.1) is 0 Å². The topological polar surface area (TPSA) is 55.8 Å². The van der Waals surface area contributed by atoms with Gasteiger partial charge in [-0.15, -0.1) is 0 Å². The Morgan fingerprint density at radius 1 is 1.71 bits per heavy atom. The predicted octanol–water partition coefficient (Wildman–Crippen LogP) is 0.893. The molecule has 1 N–H and O–H groups in total. The van der Waals surface area contributed by atoms with Gasteiger partial charge in [0.25, 0.3) is 0 Å². The number of rotatable bonds is 4. The van der Waals surface area contributed by atoms with Crippen LogP contribution in [0.1, 0.15) is 19.8 Å². The third kappa shape index (κ3) is 3.36. The lowest BCUT2D eigenvalue weighted by atomic mass is 10.1. The molecule has 14 heavy (non-hydrogen) atoms. The molecule has 0 aromatic carbocycles. The highest BCUT2D eigenvalue weighted by Gasteiger charge is 2.34. The summed E-state index contributed by atoms with van der Waals surface area (Å²) in [4.78, 5) is 11.1. The van der Waals surface area contributed by atoms with Crippen LogP contribution < -0.4 is 0 Å². The first kappa shape index (κ1) is 12.2. The standard InChI is InChI=1S/C9H15IO4/c1-2-13-9(12)4-6-3-7(11)8(5-10)14-6/h6-8,11H,2-5H2,1H3. The molecule has 1 saturated heterocycles. The Kier molecular flexibility index (Phi) is 5.11. The zero-order valence-corrected chi connectivity index (χ0v) is 10.3. The molecule has 0 aromatic heterocycles. The van der Waals surface area contributed by atoms with E-state index in [-0.39, 0.29) is 24.6 Å². The number of aliphatic hydroxyl groups excluding tert-OH is 1. The van der Waals surface area contributed by atoms with Gasteiger partial charge in [-0.3, -0.25) is 4.79 Å². The van der Waals surface area contributed by atoms with Crippen molar-refractivity contribution in [2.45, 2.75) is 38.1 Å². The van der Waals surface area contributed by atoms with Crippen molar-refractivity contribution in [2.24, 2.45) is 0 Å². The maximum Gasteiger partial charge on any atom is 0.308 e. The number of hydrogen-bond acceptors (Lipinski definition) is 4. The monoisotopic (exact) mass is 314 g/mol. The molecular formula is C9H15IO4. The van der Waals surface area contributed by atoms with Crippen LogP contribution in [0.4, 0.5) is 0 Å². The molecule has 0 bridgehead atoms. The van der Waals surface area contributed by atoms with E-state index < -0.39 is 6.10 Å². The van der Waals surface area contributed by atoms with Crippen LogP contribution in [0.2, 0.25) is 0 Å². The number of carbonyl (C=O) groups excluding carboxylic acids is 1. The van der Waals surface area contributed by atoms with Crippen LogP contribution >= 0.6 is 22.6 Å². The van der Waals surface area contributed by atoms with Crippen LogP contribution in [0.3, 0.4) is 0 Å². The minimum atomic E-state index is -0.439. The number of carbonyl (C=O) groups is 1. The number of alkyl halides is 1. The smallest absolute Gasteiger partial charge is 0.308 e. The Labute approximate surface area is 97.1 Å². The minimum Gasteiger partial charge on any atom is -0.466 e. The molecule has 0 radical (unpaired) electrons. The van der Waals surface area contributed by atoms with E-state index >= 15 is 0 Å². The lowest BCUT2D eigenvalue weighted by Crippen LogP contribution is -2.22. The molecule has 3 unspecified atom stereocenters. The number of hydrogen-bond donors (Lipinski definition) is 1. The Morgan fingerprint density at radius 2 is 2.43 bits per heavy atom. The molecule has 3 atom stereocenters. The molecule has 0 aliphatic carbocycles. The van der Waals surface area contributed by atoms with Gasteiger partial charge in [0, 0.05) is 10.8 Å². The van der Waals surface area contributed by atoms with Gasteiger partial charge in [-0.25, -0.2) is 0 Å². The third-order valence-corrected chi connectivity index (χ3v) is 3.02. The summed E-state index contributed by atoms with van der Waals surface area (Å²) in [6.45, 7) is 2.17. The summed E-state index contributed by atoms with van der Waals surface area (Å²) in [6.07, 6.45) is 0.0371. The largest absolute Gasteiger partial charge is 0.466 e. The summed E-state index contributed by atoms with van der Waals surface area (Å²) < 4.78 is 11.0. The zero-order chi connectivity index (χ0) is 10.6. The quantitative estimate of drug-likeness (QED) is 0.476. The van der Waals surface area contributed by atoms with Gasteiger partial charge >= 0.3 is 5.97 Å². The highest BCUT2D eigenvalue weighted by Crippen LogP contribution is 2.24. The van der Waals surface area contributed by atoms with E-state index in [1.165, 1.54) is 0 Å². The Bertz CT molecular complexity index is 197. The van der Waals surface area contributed by atoms with Crippen LogP contribution in [0.15, 0.2) is 0 Å². The molecule has 4 nitrogen and oxygen atoms in total. The van der Waals surface area contributed by atoms with Gasteiger partial charge in [0.2, 0.25) is 0 Å². The van der Waals surface area contributed by atoms with Crippen molar-refractivity contribution in [3.8, 4) is 0 Å². The van der Waals surface area contributed by atoms with Gasteiger partial charge in [-0.1, -0.05) is 22.6 Å². The number of halogens is 1. The second kappa shape index (κ2) is 5.87. The van der Waals surface area contributed by atoms with Crippen molar-refractivity contribution in [3.05, 3.63) is 0 Å². The van der Waals surface area contributed by atoms with Crippen molar-refractivity contribution >= 4 is 28.6 Å². The van der Waals surface area contributed by atoms with Crippen molar-refractivity contribution in [1.82, 2.24) is 0 Å². The molecule has 0 amide bonds. The second-order valence-corrected chi connectivity index (χ2v) is 4.14. The van der Waals surface area contributed by atoms with Crippen LogP contribution in [-0.4, -0.2) is 40.4 Å². The van der Waals surface area contributed by atoms with Crippen LogP contribution in [0.5, 0.6) is 0 Å². The Morgan fingerprint density at radius 3 is 2.93 bits per heavy atom. The summed E-state index contributed by atoms with van der Waals surface area (Å²) in [7, 11) is 0. The fourth-order valence-electron chi connectivity index (χ4n) is 1.49. The fourth-order valence-corrected chi connectivity index (χ4v) is 2.29. The van der Waals surface area contributed by atoms with Crippen molar-refractivity contribution in [2.75, 3.05) is 11.0 Å². The number of esters is 1. The Balaban J connectivity index is 2.31. The maximum atomic E-state index is 11.1. The van der Waals surface area contributed by atoms with Crippen molar-refractivity contribution in [1.29, 1.82) is 0 Å². The van der Waals surface area contributed by atoms with Gasteiger partial charge in [0.1, 0.15) is 0 Å². The lowest BCUT2D eigenvalue weighted by molar-refractivity contribution is -0.145. The second-order valence-electron chi connectivity index (χ2n) is 3.26. The molecular weight excluding hydrogens is 299 g/mol. The average molecular weight is 314 g/mol. The van der Waals surface area contributed by atoms with Gasteiger partial charge in [-0.05, 0) is 6.92 Å². The molecule has 1 fully saturated rings. The molecule has 0 spiro atoms. The molecule has 0 saturated carbocycles. The predicted molar refractivity (Wildman–Crippen MR) is 59.4 cm³/mol. The molecule has 0 aromatic rings. The summed E-state index contributed by atoms with van der Waals surface area (Å²) in [5, 5.41) is 9.52. The normalized spacial score (nSPS) is 31.8. The summed E-state index contributed by atoms with van der Waals surface area (Å²) in [5.74, 6) is -0.251. The maximum absolute atomic E-state index is 11.1. The van der Waals surface area contributed by atoms with Gasteiger partial charge < -0.3 is 14.6 Å². The van der Waals surface area contributed by atoms with Crippen LogP contribution in [0.25, 0.3) is 0 Å². The van der Waals surface area contributed by atoms with Gasteiger partial charge in [0.05, 0.1) is 31.3 Å². The molecule has 82 valence electrons. The highest BCUT2D eigenvalue weighted by atomic mass is 127. The van der Waals surface area contributed by atoms with Crippen molar-refractivity contribution in [3.63, 3.8) is 0 Å². The molecule has 1 aliphatic heterocycles. The summed E-state index contributed by atoms with van der Waals surface area (Å²) in [6, 6.07) is 0. The fraction of sp³-hybridized carbons (Fsp3) is 0.889. The lowest BCUT2D eigenvalue weighted by Gasteiger charge is -2.11. The van der Waals surface area contributed by atoms with Crippen molar-refractivity contribution < 1.29 is 19.4 Å². The number of ether oxygens (including phenoxy) is 2. The van der Waals surface area contributed by atoms with E-state index in [1.54, 1.807) is 6.92 Å². The highest BCUT2D eigenvalue weighted by molar-refractivity contribution is 14.1. The average Bonchev–Trinajstić information content (AvgIpc) is 2.46. The Hall–Kier alpha value is 0.120. The minimum absolute atomic E-state index is 0.130. The third-order valence-electron chi connectivity index (χ3n) is 2.15. The van der Waals surface area contributed by atoms with E-state index in [0.717, 1.165) is 4.43 Å². The van der Waals surface area contributed by atoms with Gasteiger partial charge in [0.15, 0.2) is 0 Å². The molecule has 1 aliphatic rings. The van der Waals surface area contributed by atoms with E-state index in [1.807, 2.05) is 0 Å². The van der Waals surface area contributed by atoms with E-state index in [9.17, 15) is 9.90 Å². The zero-order valence-electron chi connectivity index (χ0n) is 8.11. The first-order valence-electron chi connectivity index (χ1n) is 4.72. The van der Waals surface area contributed by atoms with Gasteiger partial charge in [-0.2, -0.15) is 0 Å². The van der Waals surface area contributed by atoms with E-state index in [4.69, 9.17) is 9.47 Å². The first-order chi connectivity index (χ1) is 6.67. The molecule has 1 rings (SSSR count). The summed E-state index contributed by atoms with van der Waals surface area (Å²) >= 11 is 2.16. The van der Waals surface area contributed by atoms with E-state index in [2.05, 4.69) is 22.6 Å². The van der Waals surface area contributed by atoms with E-state index in [0.29, 0.717) is 13.0 Å². The number of aliphatic hydroxyl groups is 1. The molecule has 5 heteroatoms.